The van der Waals surface area contributed by atoms with Gasteiger partial charge in [-0.1, -0.05) is 24.3 Å². The first-order valence-electron chi connectivity index (χ1n) is 12.0. The summed E-state index contributed by atoms with van der Waals surface area (Å²) in [5.74, 6) is 0.343. The number of aromatic nitrogens is 1. The minimum atomic E-state index is -0.984. The highest BCUT2D eigenvalue weighted by Gasteiger charge is 2.21. The molecule has 0 unspecified atom stereocenters. The molecule has 1 aliphatic heterocycles. The molecular formula is C28H29N5O3. The molecule has 8 heteroatoms. The van der Waals surface area contributed by atoms with Crippen LogP contribution in [0.25, 0.3) is 21.7 Å². The molecule has 2 heterocycles. The minimum absolute atomic E-state index is 0.0141. The zero-order valence-electron chi connectivity index (χ0n) is 20.1. The number of piperidine rings is 1. The first-order chi connectivity index (χ1) is 17.3. The van der Waals surface area contributed by atoms with Gasteiger partial charge in [0.25, 0.3) is 0 Å². The summed E-state index contributed by atoms with van der Waals surface area (Å²) in [4.78, 5) is 14.1. The number of amidine groups is 2. The minimum Gasteiger partial charge on any atom is -0.490 e. The standard InChI is InChI=1S/C28H29N5O3/c1-17(29)32-10-8-23(9-11-32)36-24-6-7-25-22(14-24)15-26(28(34)35)33(25)16-18-2-3-19-4-5-20(27(30)31)13-21(19)12-18/h2-7,12-15,23,29H,8-11,16H2,1H3,(H3,30,31)(H,34,35). The maximum absolute atomic E-state index is 12.1. The van der Waals surface area contributed by atoms with Gasteiger partial charge in [0, 0.05) is 48.9 Å². The molecule has 1 fully saturated rings. The summed E-state index contributed by atoms with van der Waals surface area (Å²) in [6.07, 6.45) is 1.78. The van der Waals surface area contributed by atoms with Crippen LogP contribution in [0.5, 0.6) is 5.75 Å². The van der Waals surface area contributed by atoms with Crippen molar-refractivity contribution in [2.75, 3.05) is 13.1 Å². The van der Waals surface area contributed by atoms with Gasteiger partial charge in [0.15, 0.2) is 0 Å². The number of carbonyl (C=O) groups is 1. The fourth-order valence-electron chi connectivity index (χ4n) is 4.92. The molecule has 1 saturated heterocycles. The molecular weight excluding hydrogens is 454 g/mol. The summed E-state index contributed by atoms with van der Waals surface area (Å²) in [7, 11) is 0. The molecule has 0 amide bonds. The van der Waals surface area contributed by atoms with E-state index in [0.29, 0.717) is 17.9 Å². The zero-order chi connectivity index (χ0) is 25.4. The van der Waals surface area contributed by atoms with E-state index in [4.69, 9.17) is 21.3 Å². The Kier molecular flexibility index (Phi) is 6.10. The summed E-state index contributed by atoms with van der Waals surface area (Å²) >= 11 is 0. The SMILES string of the molecule is CC(=N)N1CCC(Oc2ccc3c(c2)cc(C(=O)O)n3Cc2ccc3ccc(C(=N)N)cc3c2)CC1. The van der Waals surface area contributed by atoms with Crippen LogP contribution in [-0.2, 0) is 6.54 Å². The van der Waals surface area contributed by atoms with Gasteiger partial charge in [0.2, 0.25) is 0 Å². The Hall–Kier alpha value is -4.33. The first kappa shape index (κ1) is 23.4. The topological polar surface area (TPSA) is 128 Å². The van der Waals surface area contributed by atoms with Crippen molar-refractivity contribution in [2.24, 2.45) is 5.73 Å². The Morgan fingerprint density at radius 1 is 1.00 bits per heavy atom. The van der Waals surface area contributed by atoms with Crippen molar-refractivity contribution in [3.63, 3.8) is 0 Å². The second kappa shape index (κ2) is 9.37. The largest absolute Gasteiger partial charge is 0.490 e. The third-order valence-corrected chi connectivity index (χ3v) is 6.87. The molecule has 184 valence electrons. The van der Waals surface area contributed by atoms with Crippen molar-refractivity contribution in [2.45, 2.75) is 32.4 Å². The molecule has 3 aromatic carbocycles. The molecule has 4 aromatic rings. The Morgan fingerprint density at radius 3 is 2.44 bits per heavy atom. The normalized spacial score (nSPS) is 14.3. The van der Waals surface area contributed by atoms with Crippen molar-refractivity contribution in [1.29, 1.82) is 10.8 Å². The van der Waals surface area contributed by atoms with Crippen LogP contribution < -0.4 is 10.5 Å². The predicted octanol–water partition coefficient (Wildman–Crippen LogP) is 4.67. The molecule has 1 aromatic heterocycles. The monoisotopic (exact) mass is 483 g/mol. The third kappa shape index (κ3) is 4.62. The number of nitrogens with two attached hydrogens (primary N) is 1. The fraction of sp³-hybridized carbons (Fsp3) is 0.250. The van der Waals surface area contributed by atoms with Gasteiger partial charge in [-0.15, -0.1) is 0 Å². The smallest absolute Gasteiger partial charge is 0.352 e. The molecule has 5 rings (SSSR count). The van der Waals surface area contributed by atoms with Gasteiger partial charge in [0.1, 0.15) is 23.4 Å². The van der Waals surface area contributed by atoms with Crippen LogP contribution in [-0.4, -0.2) is 51.4 Å². The van der Waals surface area contributed by atoms with E-state index in [2.05, 4.69) is 4.90 Å². The molecule has 0 saturated carbocycles. The number of aromatic carboxylic acids is 1. The number of carboxylic acids is 1. The molecule has 36 heavy (non-hydrogen) atoms. The summed E-state index contributed by atoms with van der Waals surface area (Å²) in [6, 6.07) is 19.1. The molecule has 5 N–H and O–H groups in total. The molecule has 0 bridgehead atoms. The van der Waals surface area contributed by atoms with E-state index in [9.17, 15) is 9.90 Å². The van der Waals surface area contributed by atoms with Crippen molar-refractivity contribution in [1.82, 2.24) is 9.47 Å². The number of carboxylic acid groups (broad SMARTS) is 1. The number of hydrogen-bond acceptors (Lipinski definition) is 4. The van der Waals surface area contributed by atoms with Crippen LogP contribution >= 0.6 is 0 Å². The summed E-state index contributed by atoms with van der Waals surface area (Å²) in [5, 5.41) is 28.2. The molecule has 0 aliphatic carbocycles. The average Bonchev–Trinajstić information content (AvgIpc) is 3.21. The Bertz CT molecular complexity index is 1500. The summed E-state index contributed by atoms with van der Waals surface area (Å²) in [6.45, 7) is 3.82. The number of nitrogens with zero attached hydrogens (tertiary/aromatic N) is 2. The van der Waals surface area contributed by atoms with Crippen molar-refractivity contribution >= 4 is 39.3 Å². The van der Waals surface area contributed by atoms with Gasteiger partial charge in [-0.25, -0.2) is 4.79 Å². The Labute approximate surface area is 208 Å². The lowest BCUT2D eigenvalue weighted by molar-refractivity contribution is 0.0686. The molecule has 8 nitrogen and oxygen atoms in total. The van der Waals surface area contributed by atoms with Crippen LogP contribution in [0.1, 0.15) is 41.4 Å². The number of nitrogens with one attached hydrogen (secondary N) is 2. The van der Waals surface area contributed by atoms with E-state index in [1.807, 2.05) is 59.2 Å². The van der Waals surface area contributed by atoms with E-state index in [1.165, 1.54) is 0 Å². The maximum Gasteiger partial charge on any atom is 0.352 e. The second-order valence-corrected chi connectivity index (χ2v) is 9.34. The fourth-order valence-corrected chi connectivity index (χ4v) is 4.92. The van der Waals surface area contributed by atoms with Crippen LogP contribution in [0.15, 0.2) is 60.7 Å². The number of likely N-dealkylation sites (tertiary alicyclic amines) is 1. The van der Waals surface area contributed by atoms with E-state index < -0.39 is 5.97 Å². The highest BCUT2D eigenvalue weighted by Crippen LogP contribution is 2.28. The lowest BCUT2D eigenvalue weighted by Gasteiger charge is -2.32. The predicted molar refractivity (Wildman–Crippen MR) is 142 cm³/mol. The number of hydrogen-bond donors (Lipinski definition) is 4. The second-order valence-electron chi connectivity index (χ2n) is 9.34. The van der Waals surface area contributed by atoms with Gasteiger partial charge in [-0.3, -0.25) is 10.8 Å². The number of nitrogen functional groups attached to an aromatic ring is 1. The van der Waals surface area contributed by atoms with Gasteiger partial charge >= 0.3 is 5.97 Å². The van der Waals surface area contributed by atoms with E-state index >= 15 is 0 Å². The number of rotatable bonds is 6. The van der Waals surface area contributed by atoms with Crippen molar-refractivity contribution in [3.8, 4) is 5.75 Å². The molecule has 0 spiro atoms. The zero-order valence-corrected chi connectivity index (χ0v) is 20.1. The third-order valence-electron chi connectivity index (χ3n) is 6.87. The summed E-state index contributed by atoms with van der Waals surface area (Å²) in [5.41, 5.74) is 8.30. The average molecular weight is 484 g/mol. The van der Waals surface area contributed by atoms with Crippen molar-refractivity contribution < 1.29 is 14.6 Å². The van der Waals surface area contributed by atoms with Crippen molar-refractivity contribution in [3.05, 3.63) is 77.5 Å². The lowest BCUT2D eigenvalue weighted by Crippen LogP contribution is -2.40. The van der Waals surface area contributed by atoms with Crippen LogP contribution in [0.2, 0.25) is 0 Å². The molecule has 0 radical (unpaired) electrons. The van der Waals surface area contributed by atoms with Gasteiger partial charge in [-0.2, -0.15) is 0 Å². The van der Waals surface area contributed by atoms with Gasteiger partial charge < -0.3 is 25.0 Å². The quantitative estimate of drug-likeness (QED) is 0.234. The van der Waals surface area contributed by atoms with E-state index in [1.54, 1.807) is 13.0 Å². The maximum atomic E-state index is 12.1. The Balaban J connectivity index is 1.42. The highest BCUT2D eigenvalue weighted by molar-refractivity contribution is 5.99. The summed E-state index contributed by atoms with van der Waals surface area (Å²) < 4.78 is 8.02. The van der Waals surface area contributed by atoms with Gasteiger partial charge in [0.05, 0.1) is 5.84 Å². The number of benzene rings is 3. The van der Waals surface area contributed by atoms with E-state index in [-0.39, 0.29) is 17.6 Å². The van der Waals surface area contributed by atoms with Gasteiger partial charge in [-0.05, 0) is 59.7 Å². The van der Waals surface area contributed by atoms with E-state index in [0.717, 1.165) is 58.9 Å². The van der Waals surface area contributed by atoms with Crippen LogP contribution in [0, 0.1) is 10.8 Å². The molecule has 1 aliphatic rings. The highest BCUT2D eigenvalue weighted by atomic mass is 16.5. The number of ether oxygens (including phenoxy) is 1. The first-order valence-corrected chi connectivity index (χ1v) is 12.0. The Morgan fingerprint density at radius 2 is 1.75 bits per heavy atom. The van der Waals surface area contributed by atoms with Crippen LogP contribution in [0.4, 0.5) is 0 Å². The molecule has 0 atom stereocenters. The lowest BCUT2D eigenvalue weighted by atomic mass is 10.0. The van der Waals surface area contributed by atoms with Crippen LogP contribution in [0.3, 0.4) is 0 Å². The number of fused-ring (bicyclic) bond motifs is 2.